The van der Waals surface area contributed by atoms with Gasteiger partial charge in [0.2, 0.25) is 10.0 Å². The Morgan fingerprint density at radius 2 is 2.00 bits per heavy atom. The van der Waals surface area contributed by atoms with Crippen LogP contribution in [0.3, 0.4) is 0 Å². The first kappa shape index (κ1) is 16.7. The van der Waals surface area contributed by atoms with E-state index in [-0.39, 0.29) is 11.0 Å². The Morgan fingerprint density at radius 3 is 2.55 bits per heavy atom. The maximum Gasteiger partial charge on any atom is 0.242 e. The third-order valence-corrected chi connectivity index (χ3v) is 4.46. The molecular weight excluding hydrogens is 280 g/mol. The van der Waals surface area contributed by atoms with E-state index >= 15 is 0 Å². The zero-order chi connectivity index (χ0) is 15.3. The van der Waals surface area contributed by atoms with E-state index in [2.05, 4.69) is 0 Å². The second-order valence-electron chi connectivity index (χ2n) is 4.57. The van der Waals surface area contributed by atoms with Crippen LogP contribution in [0.2, 0.25) is 0 Å². The molecule has 1 aromatic carbocycles. The molecule has 2 N–H and O–H groups in total. The number of ether oxygens (including phenoxy) is 2. The maximum absolute atomic E-state index is 12.1. The van der Waals surface area contributed by atoms with E-state index in [9.17, 15) is 8.42 Å². The number of sulfonamides is 1. The van der Waals surface area contributed by atoms with E-state index in [1.54, 1.807) is 0 Å². The molecule has 0 saturated carbocycles. The number of nitrogens with two attached hydrogens (primary N) is 1. The van der Waals surface area contributed by atoms with Crippen molar-refractivity contribution < 1.29 is 17.9 Å². The summed E-state index contributed by atoms with van der Waals surface area (Å²) in [6.45, 7) is 4.74. The second-order valence-corrected chi connectivity index (χ2v) is 6.73. The number of hydrogen-bond donors (Lipinski definition) is 1. The highest BCUT2D eigenvalue weighted by Crippen LogP contribution is 2.27. The highest BCUT2D eigenvalue weighted by atomic mass is 32.2. The van der Waals surface area contributed by atoms with Crippen LogP contribution in [0.5, 0.6) is 5.75 Å². The summed E-state index contributed by atoms with van der Waals surface area (Å²) in [6, 6.07) is 4.43. The van der Waals surface area contributed by atoms with E-state index in [4.69, 9.17) is 15.2 Å². The summed E-state index contributed by atoms with van der Waals surface area (Å²) in [4.78, 5) is 0.148. The maximum atomic E-state index is 12.1. The van der Waals surface area contributed by atoms with Crippen LogP contribution in [0.1, 0.15) is 13.8 Å². The van der Waals surface area contributed by atoms with Crippen LogP contribution in [-0.4, -0.2) is 46.1 Å². The van der Waals surface area contributed by atoms with E-state index in [0.717, 1.165) is 4.31 Å². The summed E-state index contributed by atoms with van der Waals surface area (Å²) in [5.41, 5.74) is 6.21. The highest BCUT2D eigenvalue weighted by molar-refractivity contribution is 7.89. The largest absolute Gasteiger partial charge is 0.486 e. The molecule has 6 nitrogen and oxygen atoms in total. The predicted molar refractivity (Wildman–Crippen MR) is 78.3 cm³/mol. The molecule has 1 unspecified atom stereocenters. The van der Waals surface area contributed by atoms with Gasteiger partial charge < -0.3 is 15.2 Å². The first-order valence-corrected chi connectivity index (χ1v) is 7.79. The quantitative estimate of drug-likeness (QED) is 0.768. The van der Waals surface area contributed by atoms with Gasteiger partial charge in [0, 0.05) is 26.8 Å². The van der Waals surface area contributed by atoms with Crippen molar-refractivity contribution in [1.82, 2.24) is 4.31 Å². The van der Waals surface area contributed by atoms with Gasteiger partial charge >= 0.3 is 0 Å². The van der Waals surface area contributed by atoms with Crippen LogP contribution in [0.15, 0.2) is 23.1 Å². The third kappa shape index (κ3) is 4.09. The lowest BCUT2D eigenvalue weighted by molar-refractivity contribution is 0.0660. The fraction of sp³-hybridized carbons (Fsp3) is 0.538. The third-order valence-electron chi connectivity index (χ3n) is 2.65. The lowest BCUT2D eigenvalue weighted by Gasteiger charge is -2.18. The molecule has 1 atom stereocenters. The number of benzene rings is 1. The first-order chi connectivity index (χ1) is 9.28. The van der Waals surface area contributed by atoms with Gasteiger partial charge in [0.25, 0.3) is 0 Å². The average molecular weight is 302 g/mol. The topological polar surface area (TPSA) is 81.9 Å². The lowest BCUT2D eigenvalue weighted by Crippen LogP contribution is -2.23. The zero-order valence-electron chi connectivity index (χ0n) is 12.3. The zero-order valence-corrected chi connectivity index (χ0v) is 13.1. The molecule has 0 fully saturated rings. The van der Waals surface area contributed by atoms with Gasteiger partial charge in [0.1, 0.15) is 11.9 Å². The van der Waals surface area contributed by atoms with E-state index < -0.39 is 10.0 Å². The molecule has 1 aromatic rings. The summed E-state index contributed by atoms with van der Waals surface area (Å²) >= 11 is 0. The Kier molecular flexibility index (Phi) is 5.79. The summed E-state index contributed by atoms with van der Waals surface area (Å²) in [7, 11) is -0.550. The van der Waals surface area contributed by atoms with Gasteiger partial charge in [-0.15, -0.1) is 0 Å². The van der Waals surface area contributed by atoms with Crippen molar-refractivity contribution in [3.05, 3.63) is 18.2 Å². The minimum Gasteiger partial charge on any atom is -0.486 e. The number of hydrogen-bond acceptors (Lipinski definition) is 5. The Hall–Kier alpha value is -1.31. The van der Waals surface area contributed by atoms with Crippen molar-refractivity contribution in [3.63, 3.8) is 0 Å². The first-order valence-electron chi connectivity index (χ1n) is 6.35. The molecule has 0 heterocycles. The van der Waals surface area contributed by atoms with Crippen molar-refractivity contribution in [2.24, 2.45) is 0 Å². The molecule has 0 aliphatic carbocycles. The van der Waals surface area contributed by atoms with Gasteiger partial charge in [0.15, 0.2) is 0 Å². The smallest absolute Gasteiger partial charge is 0.242 e. The molecule has 1 rings (SSSR count). The predicted octanol–water partition coefficient (Wildman–Crippen LogP) is 1.32. The summed E-state index contributed by atoms with van der Waals surface area (Å²) in [5.74, 6) is 0.347. The summed E-state index contributed by atoms with van der Waals surface area (Å²) < 4.78 is 36.1. The van der Waals surface area contributed by atoms with Crippen LogP contribution in [0.25, 0.3) is 0 Å². The molecule has 0 radical (unpaired) electrons. The Morgan fingerprint density at radius 1 is 1.35 bits per heavy atom. The standard InChI is InChI=1S/C13H22N2O4S/c1-5-18-9-10(2)19-13-8-11(6-7-12(13)14)20(16,17)15(3)4/h6-8,10H,5,9,14H2,1-4H3. The Labute approximate surface area is 120 Å². The molecule has 0 saturated heterocycles. The molecule has 0 aromatic heterocycles. The van der Waals surface area contributed by atoms with Crippen LogP contribution in [0.4, 0.5) is 5.69 Å². The highest BCUT2D eigenvalue weighted by Gasteiger charge is 2.19. The molecule has 0 amide bonds. The minimum atomic E-state index is -3.50. The van der Waals surface area contributed by atoms with Crippen LogP contribution >= 0.6 is 0 Å². The molecule has 0 spiro atoms. The number of anilines is 1. The fourth-order valence-electron chi connectivity index (χ4n) is 1.52. The van der Waals surface area contributed by atoms with Gasteiger partial charge in [-0.1, -0.05) is 0 Å². The van der Waals surface area contributed by atoms with E-state index in [1.807, 2.05) is 13.8 Å². The summed E-state index contributed by atoms with van der Waals surface area (Å²) in [6.07, 6.45) is -0.213. The van der Waals surface area contributed by atoms with Gasteiger partial charge in [-0.2, -0.15) is 0 Å². The number of nitrogens with zero attached hydrogens (tertiary/aromatic N) is 1. The van der Waals surface area contributed by atoms with Crippen molar-refractivity contribution in [1.29, 1.82) is 0 Å². The molecule has 0 bridgehead atoms. The van der Waals surface area contributed by atoms with Crippen molar-refractivity contribution in [3.8, 4) is 5.75 Å². The van der Waals surface area contributed by atoms with Crippen LogP contribution < -0.4 is 10.5 Å². The molecule has 7 heteroatoms. The molecular formula is C13H22N2O4S. The van der Waals surface area contributed by atoms with Crippen molar-refractivity contribution in [2.75, 3.05) is 33.0 Å². The Balaban J connectivity index is 2.98. The fourth-order valence-corrected chi connectivity index (χ4v) is 2.44. The number of rotatable bonds is 7. The monoisotopic (exact) mass is 302 g/mol. The van der Waals surface area contributed by atoms with E-state index in [1.165, 1.54) is 32.3 Å². The van der Waals surface area contributed by atoms with Gasteiger partial charge in [-0.05, 0) is 26.0 Å². The van der Waals surface area contributed by atoms with Crippen LogP contribution in [-0.2, 0) is 14.8 Å². The molecule has 0 aliphatic heterocycles. The Bertz CT molecular complexity index is 543. The second kappa shape index (κ2) is 6.92. The van der Waals surface area contributed by atoms with E-state index in [0.29, 0.717) is 24.7 Å². The van der Waals surface area contributed by atoms with Gasteiger partial charge in [-0.25, -0.2) is 12.7 Å². The minimum absolute atomic E-state index is 0.148. The van der Waals surface area contributed by atoms with Crippen molar-refractivity contribution in [2.45, 2.75) is 24.8 Å². The molecule has 20 heavy (non-hydrogen) atoms. The normalized spacial score (nSPS) is 13.4. The lowest BCUT2D eigenvalue weighted by atomic mass is 10.3. The van der Waals surface area contributed by atoms with Gasteiger partial charge in [-0.3, -0.25) is 0 Å². The SMILES string of the molecule is CCOCC(C)Oc1cc(S(=O)(=O)N(C)C)ccc1N. The average Bonchev–Trinajstić information content (AvgIpc) is 2.38. The molecule has 0 aliphatic rings. The van der Waals surface area contributed by atoms with Crippen molar-refractivity contribution >= 4 is 15.7 Å². The van der Waals surface area contributed by atoms with Gasteiger partial charge in [0.05, 0.1) is 17.2 Å². The van der Waals surface area contributed by atoms with Crippen LogP contribution in [0, 0.1) is 0 Å². The number of nitrogen functional groups attached to an aromatic ring is 1. The summed E-state index contributed by atoms with van der Waals surface area (Å²) in [5, 5.41) is 0. The molecule has 114 valence electrons.